The largest absolute Gasteiger partial charge is 0.480 e. The quantitative estimate of drug-likeness (QED) is 0.857. The van der Waals surface area contributed by atoms with E-state index < -0.39 is 43.6 Å². The average Bonchev–Trinajstić information content (AvgIpc) is 2.43. The Morgan fingerprint density at radius 1 is 1.33 bits per heavy atom. The van der Waals surface area contributed by atoms with Gasteiger partial charge in [-0.05, 0) is 31.4 Å². The summed E-state index contributed by atoms with van der Waals surface area (Å²) < 4.78 is 52.7. The maximum absolute atomic E-state index is 13.8. The molecule has 116 valence electrons. The fourth-order valence-corrected chi connectivity index (χ4v) is 4.51. The van der Waals surface area contributed by atoms with Gasteiger partial charge in [0.05, 0.1) is 5.02 Å². The average molecular weight is 340 g/mol. The second-order valence-electron chi connectivity index (χ2n) is 4.64. The van der Waals surface area contributed by atoms with E-state index in [0.29, 0.717) is 23.2 Å². The first-order valence-corrected chi connectivity index (χ1v) is 7.96. The molecule has 0 saturated carbocycles. The molecule has 0 aromatic heterocycles. The van der Waals surface area contributed by atoms with E-state index in [4.69, 9.17) is 16.7 Å². The van der Waals surface area contributed by atoms with Crippen LogP contribution in [0.25, 0.3) is 0 Å². The summed E-state index contributed by atoms with van der Waals surface area (Å²) in [6.45, 7) is -0.0778. The van der Waals surface area contributed by atoms with E-state index in [2.05, 4.69) is 0 Å². The Hall–Kier alpha value is -1.25. The number of carboxylic acid groups (broad SMARTS) is 1. The first-order chi connectivity index (χ1) is 9.76. The molecular formula is C12H12ClF2NO4S. The van der Waals surface area contributed by atoms with Gasteiger partial charge in [0.1, 0.15) is 10.9 Å². The third kappa shape index (κ3) is 2.88. The van der Waals surface area contributed by atoms with Gasteiger partial charge in [-0.15, -0.1) is 0 Å². The van der Waals surface area contributed by atoms with E-state index in [9.17, 15) is 22.0 Å². The molecule has 0 amide bonds. The molecule has 0 bridgehead atoms. The lowest BCUT2D eigenvalue weighted by Gasteiger charge is -2.32. The molecule has 1 atom stereocenters. The van der Waals surface area contributed by atoms with Crippen LogP contribution in [0.1, 0.15) is 19.3 Å². The van der Waals surface area contributed by atoms with Crippen LogP contribution < -0.4 is 0 Å². The zero-order valence-electron chi connectivity index (χ0n) is 10.7. The lowest BCUT2D eigenvalue weighted by molar-refractivity contribution is -0.142. The normalized spacial score (nSPS) is 20.4. The van der Waals surface area contributed by atoms with Crippen LogP contribution >= 0.6 is 11.6 Å². The van der Waals surface area contributed by atoms with E-state index in [1.807, 2.05) is 0 Å². The second kappa shape index (κ2) is 5.86. The first kappa shape index (κ1) is 16.1. The fraction of sp³-hybridized carbons (Fsp3) is 0.417. The predicted molar refractivity (Wildman–Crippen MR) is 70.5 cm³/mol. The minimum absolute atomic E-state index is 0.0778. The highest BCUT2D eigenvalue weighted by Crippen LogP contribution is 2.32. The summed E-state index contributed by atoms with van der Waals surface area (Å²) in [5.74, 6) is -4.29. The van der Waals surface area contributed by atoms with Gasteiger partial charge in [0.2, 0.25) is 10.0 Å². The fourth-order valence-electron chi connectivity index (χ4n) is 2.30. The molecule has 1 unspecified atom stereocenters. The smallest absolute Gasteiger partial charge is 0.322 e. The van der Waals surface area contributed by atoms with Crippen molar-refractivity contribution in [3.05, 3.63) is 28.8 Å². The van der Waals surface area contributed by atoms with E-state index in [1.165, 1.54) is 0 Å². The molecule has 2 rings (SSSR count). The van der Waals surface area contributed by atoms with Gasteiger partial charge in [0.25, 0.3) is 0 Å². The molecule has 1 heterocycles. The molecule has 1 aromatic carbocycles. The standard InChI is InChI=1S/C12H12ClF2NO4S/c13-7-4-5-8(14)10(15)11(7)21(19,20)16-6-2-1-3-9(16)12(17)18/h4-5,9H,1-3,6H2,(H,17,18). The minimum Gasteiger partial charge on any atom is -0.480 e. The molecule has 1 aromatic rings. The van der Waals surface area contributed by atoms with E-state index >= 15 is 0 Å². The Bertz CT molecular complexity index is 680. The van der Waals surface area contributed by atoms with Crippen LogP contribution in [-0.4, -0.2) is 36.4 Å². The van der Waals surface area contributed by atoms with Crippen molar-refractivity contribution >= 4 is 27.6 Å². The third-order valence-electron chi connectivity index (χ3n) is 3.31. The minimum atomic E-state index is -4.53. The molecule has 21 heavy (non-hydrogen) atoms. The topological polar surface area (TPSA) is 74.7 Å². The number of aliphatic carboxylic acids is 1. The summed E-state index contributed by atoms with van der Waals surface area (Å²) in [4.78, 5) is 10.2. The molecule has 1 saturated heterocycles. The molecule has 1 N–H and O–H groups in total. The van der Waals surface area contributed by atoms with Gasteiger partial charge >= 0.3 is 5.97 Å². The maximum atomic E-state index is 13.8. The predicted octanol–water partition coefficient (Wildman–Crippen LogP) is 2.25. The number of rotatable bonds is 3. The van der Waals surface area contributed by atoms with E-state index in [1.54, 1.807) is 0 Å². The number of sulfonamides is 1. The number of piperidine rings is 1. The van der Waals surface area contributed by atoms with Crippen molar-refractivity contribution in [2.24, 2.45) is 0 Å². The van der Waals surface area contributed by atoms with Crippen molar-refractivity contribution in [3.8, 4) is 0 Å². The molecule has 0 radical (unpaired) electrons. The lowest BCUT2D eigenvalue weighted by atomic mass is 10.1. The number of hydrogen-bond acceptors (Lipinski definition) is 3. The van der Waals surface area contributed by atoms with Crippen LogP contribution in [0.15, 0.2) is 17.0 Å². The first-order valence-electron chi connectivity index (χ1n) is 6.15. The van der Waals surface area contributed by atoms with Crippen molar-refractivity contribution in [2.45, 2.75) is 30.2 Å². The van der Waals surface area contributed by atoms with Crippen molar-refractivity contribution in [1.29, 1.82) is 0 Å². The van der Waals surface area contributed by atoms with Gasteiger partial charge < -0.3 is 5.11 Å². The molecule has 0 aliphatic carbocycles. The van der Waals surface area contributed by atoms with Crippen molar-refractivity contribution < 1.29 is 27.1 Å². The summed E-state index contributed by atoms with van der Waals surface area (Å²) in [5, 5.41) is 8.62. The van der Waals surface area contributed by atoms with Crippen LogP contribution in [0.4, 0.5) is 8.78 Å². The molecule has 9 heteroatoms. The number of halogens is 3. The summed E-state index contributed by atoms with van der Waals surface area (Å²) in [5.41, 5.74) is 0. The molecular weight excluding hydrogens is 328 g/mol. The van der Waals surface area contributed by atoms with Gasteiger partial charge in [-0.2, -0.15) is 4.31 Å². The monoisotopic (exact) mass is 339 g/mol. The highest BCUT2D eigenvalue weighted by atomic mass is 35.5. The van der Waals surface area contributed by atoms with Crippen LogP contribution in [0.5, 0.6) is 0 Å². The van der Waals surface area contributed by atoms with Crippen molar-refractivity contribution in [3.63, 3.8) is 0 Å². The number of benzene rings is 1. The van der Waals surface area contributed by atoms with Crippen molar-refractivity contribution in [1.82, 2.24) is 4.31 Å². The van der Waals surface area contributed by atoms with Crippen LogP contribution in [-0.2, 0) is 14.8 Å². The Labute approximate surface area is 125 Å². The van der Waals surface area contributed by atoms with Crippen LogP contribution in [0, 0.1) is 11.6 Å². The second-order valence-corrected chi connectivity index (χ2v) is 6.87. The molecule has 1 aliphatic rings. The van der Waals surface area contributed by atoms with Gasteiger partial charge in [-0.3, -0.25) is 4.79 Å². The van der Waals surface area contributed by atoms with Gasteiger partial charge in [0, 0.05) is 6.54 Å². The summed E-state index contributed by atoms with van der Waals surface area (Å²) in [7, 11) is -4.53. The van der Waals surface area contributed by atoms with Gasteiger partial charge in [0.15, 0.2) is 11.6 Å². The van der Waals surface area contributed by atoms with Gasteiger partial charge in [-0.1, -0.05) is 11.6 Å². The zero-order chi connectivity index (χ0) is 15.8. The Morgan fingerprint density at radius 2 is 2.00 bits per heavy atom. The maximum Gasteiger partial charge on any atom is 0.322 e. The third-order valence-corrected chi connectivity index (χ3v) is 5.70. The molecule has 0 spiro atoms. The van der Waals surface area contributed by atoms with Crippen LogP contribution in [0.2, 0.25) is 5.02 Å². The Morgan fingerprint density at radius 3 is 2.62 bits per heavy atom. The van der Waals surface area contributed by atoms with E-state index in [0.717, 1.165) is 6.07 Å². The number of hydrogen-bond donors (Lipinski definition) is 1. The highest BCUT2D eigenvalue weighted by Gasteiger charge is 2.40. The SMILES string of the molecule is O=C(O)C1CCCCN1S(=O)(=O)c1c(Cl)ccc(F)c1F. The Balaban J connectivity index is 2.56. The highest BCUT2D eigenvalue weighted by molar-refractivity contribution is 7.89. The number of carboxylic acids is 1. The number of nitrogens with zero attached hydrogens (tertiary/aromatic N) is 1. The zero-order valence-corrected chi connectivity index (χ0v) is 12.3. The number of carbonyl (C=O) groups is 1. The van der Waals surface area contributed by atoms with Gasteiger partial charge in [-0.25, -0.2) is 17.2 Å². The summed E-state index contributed by atoms with van der Waals surface area (Å²) in [6.07, 6.45) is 1.10. The lowest BCUT2D eigenvalue weighted by Crippen LogP contribution is -2.48. The Kier molecular flexibility index (Phi) is 4.50. The summed E-state index contributed by atoms with van der Waals surface area (Å²) >= 11 is 5.67. The molecule has 1 aliphatic heterocycles. The molecule has 5 nitrogen and oxygen atoms in total. The van der Waals surface area contributed by atoms with E-state index in [-0.39, 0.29) is 13.0 Å². The van der Waals surface area contributed by atoms with Crippen LogP contribution in [0.3, 0.4) is 0 Å². The molecule has 1 fully saturated rings. The summed E-state index contributed by atoms with van der Waals surface area (Å²) in [6, 6.07) is 0.330. The van der Waals surface area contributed by atoms with Crippen molar-refractivity contribution in [2.75, 3.05) is 6.54 Å².